The third kappa shape index (κ3) is 3.72. The minimum absolute atomic E-state index is 0.210. The molecule has 3 aromatic heterocycles. The monoisotopic (exact) mass is 415 g/mol. The molecule has 1 atom stereocenters. The van der Waals surface area contributed by atoms with Gasteiger partial charge >= 0.3 is 5.97 Å². The number of hydrogen-bond acceptors (Lipinski definition) is 5. The van der Waals surface area contributed by atoms with Crippen molar-refractivity contribution in [3.63, 3.8) is 0 Å². The van der Waals surface area contributed by atoms with Crippen molar-refractivity contribution in [1.82, 2.24) is 24.6 Å². The van der Waals surface area contributed by atoms with Crippen LogP contribution in [0.1, 0.15) is 35.7 Å². The van der Waals surface area contributed by atoms with Crippen LogP contribution >= 0.6 is 0 Å². The molecule has 7 nitrogen and oxygen atoms in total. The molecule has 0 saturated carbocycles. The Morgan fingerprint density at radius 1 is 1.23 bits per heavy atom. The highest BCUT2D eigenvalue weighted by molar-refractivity contribution is 5.85. The molecule has 0 saturated heterocycles. The van der Waals surface area contributed by atoms with E-state index in [-0.39, 0.29) is 18.6 Å². The molecule has 1 aliphatic carbocycles. The molecule has 7 heteroatoms. The van der Waals surface area contributed by atoms with Crippen LogP contribution in [0, 0.1) is 0 Å². The standard InChI is InChI=1S/C24H25N5O2/c1-31-24(30)16-28-15-17(18-7-2-3-9-21(18)28)13-26-20-8-6-10-22-19(20)14-27-29(22)23-11-4-5-12-25-23/h2-5,7,9,11-12,14-15,20,26H,6,8,10,13,16H2,1H3. The smallest absolute Gasteiger partial charge is 0.325 e. The number of carbonyl (C=O) groups excluding carboxylic acids is 1. The number of rotatable bonds is 6. The molecule has 0 aliphatic heterocycles. The first kappa shape index (κ1) is 19.5. The summed E-state index contributed by atoms with van der Waals surface area (Å²) in [6, 6.07) is 14.3. The van der Waals surface area contributed by atoms with Crippen molar-refractivity contribution in [1.29, 1.82) is 0 Å². The van der Waals surface area contributed by atoms with Crippen molar-refractivity contribution in [3.05, 3.63) is 77.9 Å². The Kier molecular flexibility index (Phi) is 5.26. The van der Waals surface area contributed by atoms with Gasteiger partial charge in [-0.2, -0.15) is 5.10 Å². The number of hydrogen-bond donors (Lipinski definition) is 1. The minimum atomic E-state index is -0.251. The number of aromatic nitrogens is 4. The molecule has 1 N–H and O–H groups in total. The van der Waals surface area contributed by atoms with Crippen molar-refractivity contribution < 1.29 is 9.53 Å². The number of esters is 1. The summed E-state index contributed by atoms with van der Waals surface area (Å²) in [4.78, 5) is 16.3. The lowest BCUT2D eigenvalue weighted by Gasteiger charge is -2.24. The van der Waals surface area contributed by atoms with E-state index in [0.29, 0.717) is 6.54 Å². The van der Waals surface area contributed by atoms with E-state index in [1.807, 2.05) is 51.8 Å². The normalized spacial score (nSPS) is 15.7. The second-order valence-corrected chi connectivity index (χ2v) is 7.85. The van der Waals surface area contributed by atoms with Gasteiger partial charge in [0.2, 0.25) is 0 Å². The van der Waals surface area contributed by atoms with Gasteiger partial charge in [0.25, 0.3) is 0 Å². The molecule has 1 unspecified atom stereocenters. The zero-order valence-corrected chi connectivity index (χ0v) is 17.5. The summed E-state index contributed by atoms with van der Waals surface area (Å²) < 4.78 is 8.78. The van der Waals surface area contributed by atoms with Crippen LogP contribution in [-0.2, 0) is 29.0 Å². The maximum Gasteiger partial charge on any atom is 0.325 e. The number of pyridine rings is 1. The van der Waals surface area contributed by atoms with E-state index in [9.17, 15) is 4.79 Å². The number of methoxy groups -OCH3 is 1. The van der Waals surface area contributed by atoms with Crippen LogP contribution in [0.15, 0.2) is 61.1 Å². The van der Waals surface area contributed by atoms with Gasteiger partial charge in [0.1, 0.15) is 6.54 Å². The summed E-state index contributed by atoms with van der Waals surface area (Å²) in [7, 11) is 1.42. The molecule has 5 rings (SSSR count). The Labute approximate surface area is 180 Å². The molecule has 1 aliphatic rings. The van der Waals surface area contributed by atoms with Crippen LogP contribution in [0.25, 0.3) is 16.7 Å². The average molecular weight is 415 g/mol. The van der Waals surface area contributed by atoms with Gasteiger partial charge in [0, 0.05) is 41.4 Å². The molecule has 4 aromatic rings. The van der Waals surface area contributed by atoms with Gasteiger partial charge in [-0.3, -0.25) is 4.79 Å². The number of fused-ring (bicyclic) bond motifs is 2. The van der Waals surface area contributed by atoms with Gasteiger partial charge < -0.3 is 14.6 Å². The summed E-state index contributed by atoms with van der Waals surface area (Å²) in [5.41, 5.74) is 4.69. The predicted octanol–water partition coefficient (Wildman–Crippen LogP) is 3.56. The summed E-state index contributed by atoms with van der Waals surface area (Å²) in [6.45, 7) is 0.926. The van der Waals surface area contributed by atoms with E-state index >= 15 is 0 Å². The van der Waals surface area contributed by atoms with Gasteiger partial charge in [-0.1, -0.05) is 24.3 Å². The predicted molar refractivity (Wildman–Crippen MR) is 118 cm³/mol. The Balaban J connectivity index is 1.39. The van der Waals surface area contributed by atoms with Crippen LogP contribution in [0.4, 0.5) is 0 Å². The molecule has 0 bridgehead atoms. The van der Waals surface area contributed by atoms with Crippen LogP contribution in [-0.4, -0.2) is 32.4 Å². The third-order valence-corrected chi connectivity index (χ3v) is 5.99. The first-order valence-electron chi connectivity index (χ1n) is 10.6. The number of benzene rings is 1. The van der Waals surface area contributed by atoms with Crippen molar-refractivity contribution in [3.8, 4) is 5.82 Å². The molecule has 0 fully saturated rings. The second-order valence-electron chi connectivity index (χ2n) is 7.85. The van der Waals surface area contributed by atoms with E-state index in [1.54, 1.807) is 6.20 Å². The lowest BCUT2D eigenvalue weighted by atomic mass is 9.92. The Morgan fingerprint density at radius 2 is 2.10 bits per heavy atom. The summed E-state index contributed by atoms with van der Waals surface area (Å²) in [6.07, 6.45) is 9.00. The van der Waals surface area contributed by atoms with Crippen molar-refractivity contribution in [2.45, 2.75) is 38.4 Å². The van der Waals surface area contributed by atoms with E-state index in [1.165, 1.54) is 23.9 Å². The van der Waals surface area contributed by atoms with Crippen molar-refractivity contribution >= 4 is 16.9 Å². The number of ether oxygens (including phenoxy) is 1. The quantitative estimate of drug-likeness (QED) is 0.488. The molecular weight excluding hydrogens is 390 g/mol. The van der Waals surface area contributed by atoms with E-state index < -0.39 is 0 Å². The van der Waals surface area contributed by atoms with Gasteiger partial charge in [-0.25, -0.2) is 9.67 Å². The van der Waals surface area contributed by atoms with Crippen LogP contribution in [0.3, 0.4) is 0 Å². The lowest BCUT2D eigenvalue weighted by Crippen LogP contribution is -2.25. The molecule has 0 amide bonds. The summed E-state index contributed by atoms with van der Waals surface area (Å²) in [5, 5.41) is 9.51. The summed E-state index contributed by atoms with van der Waals surface area (Å²) >= 11 is 0. The highest BCUT2D eigenvalue weighted by Gasteiger charge is 2.25. The van der Waals surface area contributed by atoms with E-state index in [0.717, 1.165) is 36.0 Å². The fourth-order valence-corrected chi connectivity index (χ4v) is 4.48. The Bertz CT molecular complexity index is 1210. The fourth-order valence-electron chi connectivity index (χ4n) is 4.48. The van der Waals surface area contributed by atoms with Crippen LogP contribution in [0.2, 0.25) is 0 Å². The highest BCUT2D eigenvalue weighted by atomic mass is 16.5. The van der Waals surface area contributed by atoms with Gasteiger partial charge in [-0.05, 0) is 43.0 Å². The van der Waals surface area contributed by atoms with Crippen molar-refractivity contribution in [2.24, 2.45) is 0 Å². The zero-order chi connectivity index (χ0) is 21.2. The van der Waals surface area contributed by atoms with Gasteiger partial charge in [-0.15, -0.1) is 0 Å². The average Bonchev–Trinajstić information content (AvgIpc) is 3.40. The number of nitrogens with zero attached hydrogens (tertiary/aromatic N) is 4. The Hall–Kier alpha value is -3.45. The first-order valence-corrected chi connectivity index (χ1v) is 10.6. The van der Waals surface area contributed by atoms with Gasteiger partial charge in [0.15, 0.2) is 5.82 Å². The van der Waals surface area contributed by atoms with Crippen molar-refractivity contribution in [2.75, 3.05) is 7.11 Å². The highest BCUT2D eigenvalue weighted by Crippen LogP contribution is 2.31. The second kappa shape index (κ2) is 8.35. The Morgan fingerprint density at radius 3 is 2.94 bits per heavy atom. The molecule has 0 radical (unpaired) electrons. The topological polar surface area (TPSA) is 74.0 Å². The van der Waals surface area contributed by atoms with Crippen LogP contribution < -0.4 is 5.32 Å². The molecule has 3 heterocycles. The molecule has 1 aromatic carbocycles. The fraction of sp³-hybridized carbons (Fsp3) is 0.292. The van der Waals surface area contributed by atoms with E-state index in [2.05, 4.69) is 27.7 Å². The first-order chi connectivity index (χ1) is 15.2. The maximum absolute atomic E-state index is 11.8. The number of para-hydroxylation sites is 1. The number of nitrogens with one attached hydrogen (secondary N) is 1. The van der Waals surface area contributed by atoms with E-state index in [4.69, 9.17) is 4.74 Å². The maximum atomic E-state index is 11.8. The minimum Gasteiger partial charge on any atom is -0.468 e. The summed E-state index contributed by atoms with van der Waals surface area (Å²) in [5.74, 6) is 0.606. The molecule has 158 valence electrons. The molecule has 0 spiro atoms. The lowest BCUT2D eigenvalue weighted by molar-refractivity contribution is -0.141. The largest absolute Gasteiger partial charge is 0.468 e. The zero-order valence-electron chi connectivity index (χ0n) is 17.5. The molecular formula is C24H25N5O2. The third-order valence-electron chi connectivity index (χ3n) is 5.99. The molecule has 31 heavy (non-hydrogen) atoms. The van der Waals surface area contributed by atoms with Gasteiger partial charge in [0.05, 0.1) is 19.0 Å². The number of carbonyl (C=O) groups is 1. The SMILES string of the molecule is COC(=O)Cn1cc(CNC2CCCc3c2cnn3-c2ccccn2)c2ccccc21. The van der Waals surface area contributed by atoms with Crippen LogP contribution in [0.5, 0.6) is 0 Å².